The van der Waals surface area contributed by atoms with Crippen LogP contribution in [0.4, 0.5) is 5.95 Å². The molecular formula is C15H20N4O2. The normalized spacial score (nSPS) is 10.3. The summed E-state index contributed by atoms with van der Waals surface area (Å²) in [6, 6.07) is 6.27. The number of hydrogen-bond acceptors (Lipinski definition) is 6. The summed E-state index contributed by atoms with van der Waals surface area (Å²) in [7, 11) is 1.51. The smallest absolute Gasteiger partial charge is 0.330 e. The minimum Gasteiger partial charge on any atom is -0.467 e. The third-order valence-electron chi connectivity index (χ3n) is 3.00. The Balaban J connectivity index is 2.23. The second-order valence-corrected chi connectivity index (χ2v) is 4.70. The van der Waals surface area contributed by atoms with Gasteiger partial charge in [0.15, 0.2) is 0 Å². The summed E-state index contributed by atoms with van der Waals surface area (Å²) in [5.74, 6) is 1.13. The van der Waals surface area contributed by atoms with Gasteiger partial charge in [-0.2, -0.15) is 9.97 Å². The molecule has 0 bridgehead atoms. The van der Waals surface area contributed by atoms with Gasteiger partial charge in [-0.25, -0.2) is 0 Å². The van der Waals surface area contributed by atoms with Gasteiger partial charge in [-0.3, -0.25) is 0 Å². The van der Waals surface area contributed by atoms with Gasteiger partial charge in [-0.05, 0) is 43.5 Å². The van der Waals surface area contributed by atoms with Crippen molar-refractivity contribution in [2.45, 2.75) is 27.2 Å². The number of ether oxygens (including phenoxy) is 2. The Morgan fingerprint density at radius 1 is 1.05 bits per heavy atom. The van der Waals surface area contributed by atoms with E-state index in [1.54, 1.807) is 0 Å². The van der Waals surface area contributed by atoms with Gasteiger partial charge in [0.05, 0.1) is 7.11 Å². The number of aryl methyl sites for hydroxylation is 2. The topological polar surface area (TPSA) is 69.2 Å². The number of nitrogens with one attached hydrogen (secondary N) is 1. The molecular weight excluding hydrogens is 268 g/mol. The highest BCUT2D eigenvalue weighted by molar-refractivity contribution is 5.36. The fourth-order valence-corrected chi connectivity index (χ4v) is 1.67. The molecule has 0 radical (unpaired) electrons. The van der Waals surface area contributed by atoms with Gasteiger partial charge in [0, 0.05) is 6.54 Å². The number of hydrogen-bond donors (Lipinski definition) is 1. The van der Waals surface area contributed by atoms with Crippen LogP contribution in [0.15, 0.2) is 18.2 Å². The zero-order chi connectivity index (χ0) is 15.2. The van der Waals surface area contributed by atoms with Crippen molar-refractivity contribution in [3.8, 4) is 17.8 Å². The summed E-state index contributed by atoms with van der Waals surface area (Å²) in [5, 5.41) is 3.09. The molecule has 0 amide bonds. The molecule has 6 nitrogen and oxygen atoms in total. The summed E-state index contributed by atoms with van der Waals surface area (Å²) in [6.45, 7) is 6.93. The van der Waals surface area contributed by atoms with Crippen LogP contribution in [0.1, 0.15) is 24.5 Å². The van der Waals surface area contributed by atoms with Crippen LogP contribution in [-0.2, 0) is 0 Å². The summed E-state index contributed by atoms with van der Waals surface area (Å²) in [4.78, 5) is 12.5. The predicted molar refractivity (Wildman–Crippen MR) is 81.1 cm³/mol. The average Bonchev–Trinajstić information content (AvgIpc) is 2.48. The number of anilines is 1. The lowest BCUT2D eigenvalue weighted by Gasteiger charge is -2.09. The number of aromatic nitrogens is 3. The van der Waals surface area contributed by atoms with Crippen molar-refractivity contribution in [3.63, 3.8) is 0 Å². The molecule has 0 unspecified atom stereocenters. The zero-order valence-corrected chi connectivity index (χ0v) is 12.8. The molecule has 0 atom stereocenters. The number of rotatable bonds is 6. The van der Waals surface area contributed by atoms with E-state index in [1.807, 2.05) is 25.1 Å². The van der Waals surface area contributed by atoms with Crippen LogP contribution in [0, 0.1) is 13.8 Å². The second-order valence-electron chi connectivity index (χ2n) is 4.70. The maximum atomic E-state index is 5.70. The average molecular weight is 288 g/mol. The third kappa shape index (κ3) is 4.05. The highest BCUT2D eigenvalue weighted by Crippen LogP contribution is 2.22. The standard InChI is InChI=1S/C15H20N4O2/c1-5-8-16-13-17-14(20-4)19-15(18-13)21-12-7-6-10(2)11(3)9-12/h6-7,9H,5,8H2,1-4H3,(H,16,17,18,19). The Morgan fingerprint density at radius 3 is 2.48 bits per heavy atom. The molecule has 0 aliphatic rings. The first-order valence-electron chi connectivity index (χ1n) is 6.91. The lowest BCUT2D eigenvalue weighted by molar-refractivity contribution is 0.360. The lowest BCUT2D eigenvalue weighted by Crippen LogP contribution is -2.07. The van der Waals surface area contributed by atoms with Crippen molar-refractivity contribution in [3.05, 3.63) is 29.3 Å². The fourth-order valence-electron chi connectivity index (χ4n) is 1.67. The molecule has 1 aromatic heterocycles. The first-order valence-corrected chi connectivity index (χ1v) is 6.91. The van der Waals surface area contributed by atoms with E-state index < -0.39 is 0 Å². The summed E-state index contributed by atoms with van der Waals surface area (Å²) in [5.41, 5.74) is 2.36. The Hall–Kier alpha value is -2.37. The quantitative estimate of drug-likeness (QED) is 0.880. The molecule has 21 heavy (non-hydrogen) atoms. The van der Waals surface area contributed by atoms with E-state index in [-0.39, 0.29) is 12.0 Å². The van der Waals surface area contributed by atoms with Gasteiger partial charge in [0.25, 0.3) is 0 Å². The van der Waals surface area contributed by atoms with E-state index in [1.165, 1.54) is 12.7 Å². The van der Waals surface area contributed by atoms with Crippen molar-refractivity contribution in [2.75, 3.05) is 19.0 Å². The maximum absolute atomic E-state index is 5.70. The molecule has 6 heteroatoms. The van der Waals surface area contributed by atoms with Gasteiger partial charge < -0.3 is 14.8 Å². The Morgan fingerprint density at radius 2 is 1.81 bits per heavy atom. The van der Waals surface area contributed by atoms with Crippen LogP contribution in [0.25, 0.3) is 0 Å². The van der Waals surface area contributed by atoms with Gasteiger partial charge in [0.2, 0.25) is 5.95 Å². The van der Waals surface area contributed by atoms with Gasteiger partial charge in [-0.1, -0.05) is 13.0 Å². The number of nitrogens with zero attached hydrogens (tertiary/aromatic N) is 3. The maximum Gasteiger partial charge on any atom is 0.330 e. The molecule has 112 valence electrons. The van der Waals surface area contributed by atoms with E-state index in [4.69, 9.17) is 9.47 Å². The molecule has 0 saturated heterocycles. The van der Waals surface area contributed by atoms with Gasteiger partial charge in [0.1, 0.15) is 5.75 Å². The first kappa shape index (κ1) is 15.0. The van der Waals surface area contributed by atoms with E-state index in [9.17, 15) is 0 Å². The molecule has 0 aliphatic heterocycles. The molecule has 0 saturated carbocycles. The van der Waals surface area contributed by atoms with Crippen LogP contribution < -0.4 is 14.8 Å². The molecule has 2 aromatic rings. The first-order chi connectivity index (χ1) is 10.1. The van der Waals surface area contributed by atoms with Crippen LogP contribution in [-0.4, -0.2) is 28.6 Å². The minimum atomic E-state index is 0.212. The molecule has 0 spiro atoms. The largest absolute Gasteiger partial charge is 0.467 e. The van der Waals surface area contributed by atoms with E-state index in [2.05, 4.69) is 34.1 Å². The third-order valence-corrected chi connectivity index (χ3v) is 3.00. The van der Waals surface area contributed by atoms with Gasteiger partial charge >= 0.3 is 12.0 Å². The molecule has 1 aromatic carbocycles. The number of benzene rings is 1. The van der Waals surface area contributed by atoms with Crippen molar-refractivity contribution >= 4 is 5.95 Å². The summed E-state index contributed by atoms with van der Waals surface area (Å²) in [6.07, 6.45) is 0.974. The highest BCUT2D eigenvalue weighted by atomic mass is 16.5. The Bertz CT molecular complexity index is 617. The molecule has 0 aliphatic carbocycles. The predicted octanol–water partition coefficient (Wildman–Crippen LogP) is 3.11. The van der Waals surface area contributed by atoms with Crippen molar-refractivity contribution in [2.24, 2.45) is 0 Å². The molecule has 1 N–H and O–H groups in total. The van der Waals surface area contributed by atoms with Crippen LogP contribution in [0.3, 0.4) is 0 Å². The van der Waals surface area contributed by atoms with Crippen molar-refractivity contribution < 1.29 is 9.47 Å². The van der Waals surface area contributed by atoms with E-state index in [0.29, 0.717) is 11.7 Å². The van der Waals surface area contributed by atoms with Crippen LogP contribution >= 0.6 is 0 Å². The van der Waals surface area contributed by atoms with Crippen molar-refractivity contribution in [1.29, 1.82) is 0 Å². The Kier molecular flexibility index (Phi) is 4.92. The Labute approximate surface area is 124 Å². The molecule has 0 fully saturated rings. The van der Waals surface area contributed by atoms with E-state index in [0.717, 1.165) is 18.5 Å². The second kappa shape index (κ2) is 6.88. The van der Waals surface area contributed by atoms with Crippen molar-refractivity contribution in [1.82, 2.24) is 15.0 Å². The molecule has 1 heterocycles. The monoisotopic (exact) mass is 288 g/mol. The SMILES string of the molecule is CCCNc1nc(OC)nc(Oc2ccc(C)c(C)c2)n1. The number of methoxy groups -OCH3 is 1. The zero-order valence-electron chi connectivity index (χ0n) is 12.8. The van der Waals surface area contributed by atoms with Crippen LogP contribution in [0.2, 0.25) is 0 Å². The van der Waals surface area contributed by atoms with Gasteiger partial charge in [-0.15, -0.1) is 4.98 Å². The summed E-state index contributed by atoms with van der Waals surface area (Å²) < 4.78 is 10.8. The van der Waals surface area contributed by atoms with Crippen LogP contribution in [0.5, 0.6) is 17.8 Å². The lowest BCUT2D eigenvalue weighted by atomic mass is 10.1. The van der Waals surface area contributed by atoms with E-state index >= 15 is 0 Å². The molecule has 2 rings (SSSR count). The highest BCUT2D eigenvalue weighted by Gasteiger charge is 2.09. The summed E-state index contributed by atoms with van der Waals surface area (Å²) >= 11 is 0. The minimum absolute atomic E-state index is 0.212. The fraction of sp³-hybridized carbons (Fsp3) is 0.400.